The van der Waals surface area contributed by atoms with Crippen molar-refractivity contribution in [3.63, 3.8) is 0 Å². The summed E-state index contributed by atoms with van der Waals surface area (Å²) < 4.78 is 0. The number of hydrogen-bond acceptors (Lipinski definition) is 2. The summed E-state index contributed by atoms with van der Waals surface area (Å²) in [5, 5.41) is 10.1. The van der Waals surface area contributed by atoms with E-state index in [2.05, 4.69) is 13.0 Å². The van der Waals surface area contributed by atoms with E-state index in [-0.39, 0.29) is 5.92 Å². The van der Waals surface area contributed by atoms with Gasteiger partial charge in [-0.25, -0.2) is 0 Å². The van der Waals surface area contributed by atoms with Crippen molar-refractivity contribution in [1.82, 2.24) is 0 Å². The standard InChI is InChI=1S/C10H16OS/c1-7(2)10(4,11)9-6-5-8(3)12-9/h5-7,11H,1-4H3. The molecule has 0 aliphatic heterocycles. The van der Waals surface area contributed by atoms with Gasteiger partial charge in [-0.1, -0.05) is 13.8 Å². The van der Waals surface area contributed by atoms with E-state index in [0.29, 0.717) is 0 Å². The molecule has 0 fully saturated rings. The van der Waals surface area contributed by atoms with E-state index in [0.717, 1.165) is 4.88 Å². The minimum Gasteiger partial charge on any atom is -0.384 e. The zero-order valence-corrected chi connectivity index (χ0v) is 8.90. The Morgan fingerprint density at radius 1 is 1.42 bits per heavy atom. The molecule has 0 saturated carbocycles. The molecule has 1 nitrogen and oxygen atoms in total. The van der Waals surface area contributed by atoms with E-state index >= 15 is 0 Å². The van der Waals surface area contributed by atoms with Gasteiger partial charge < -0.3 is 5.11 Å². The van der Waals surface area contributed by atoms with Crippen LogP contribution in [0.3, 0.4) is 0 Å². The highest BCUT2D eigenvalue weighted by Crippen LogP contribution is 2.33. The smallest absolute Gasteiger partial charge is 0.0982 e. The van der Waals surface area contributed by atoms with Crippen molar-refractivity contribution in [2.24, 2.45) is 5.92 Å². The van der Waals surface area contributed by atoms with E-state index in [1.807, 2.05) is 26.8 Å². The first-order chi connectivity index (χ1) is 5.44. The lowest BCUT2D eigenvalue weighted by Gasteiger charge is -2.26. The van der Waals surface area contributed by atoms with Crippen molar-refractivity contribution in [2.45, 2.75) is 33.3 Å². The highest BCUT2D eigenvalue weighted by atomic mass is 32.1. The van der Waals surface area contributed by atoms with Gasteiger partial charge in [0.25, 0.3) is 0 Å². The molecule has 1 unspecified atom stereocenters. The fourth-order valence-corrected chi connectivity index (χ4v) is 2.05. The average Bonchev–Trinajstić information content (AvgIpc) is 2.35. The van der Waals surface area contributed by atoms with Crippen LogP contribution in [0.1, 0.15) is 30.5 Å². The molecule has 0 radical (unpaired) electrons. The van der Waals surface area contributed by atoms with Crippen LogP contribution in [-0.4, -0.2) is 5.11 Å². The Bertz CT molecular complexity index is 261. The first-order valence-corrected chi connectivity index (χ1v) is 5.05. The van der Waals surface area contributed by atoms with Gasteiger partial charge in [0.2, 0.25) is 0 Å². The molecular formula is C10H16OS. The molecule has 1 atom stereocenters. The summed E-state index contributed by atoms with van der Waals surface area (Å²) in [6.07, 6.45) is 0. The van der Waals surface area contributed by atoms with Crippen molar-refractivity contribution >= 4 is 11.3 Å². The molecule has 1 aromatic heterocycles. The van der Waals surface area contributed by atoms with E-state index in [1.165, 1.54) is 4.88 Å². The van der Waals surface area contributed by atoms with Gasteiger partial charge in [0.1, 0.15) is 0 Å². The Labute approximate surface area is 78.1 Å². The van der Waals surface area contributed by atoms with Gasteiger partial charge in [-0.15, -0.1) is 11.3 Å². The second-order valence-electron chi connectivity index (χ2n) is 3.71. The van der Waals surface area contributed by atoms with Gasteiger partial charge in [-0.3, -0.25) is 0 Å². The fourth-order valence-electron chi connectivity index (χ4n) is 0.991. The first-order valence-electron chi connectivity index (χ1n) is 4.24. The quantitative estimate of drug-likeness (QED) is 0.749. The molecule has 1 rings (SSSR count). The van der Waals surface area contributed by atoms with Gasteiger partial charge >= 0.3 is 0 Å². The molecule has 1 heterocycles. The molecule has 0 amide bonds. The molecule has 68 valence electrons. The predicted molar refractivity (Wildman–Crippen MR) is 53.5 cm³/mol. The maximum atomic E-state index is 10.1. The Morgan fingerprint density at radius 3 is 2.33 bits per heavy atom. The van der Waals surface area contributed by atoms with Crippen LogP contribution in [0.5, 0.6) is 0 Å². The number of thiophene rings is 1. The molecule has 1 N–H and O–H groups in total. The summed E-state index contributed by atoms with van der Waals surface area (Å²) in [4.78, 5) is 2.32. The third-order valence-electron chi connectivity index (χ3n) is 2.36. The van der Waals surface area contributed by atoms with Crippen LogP contribution in [0.4, 0.5) is 0 Å². The zero-order chi connectivity index (χ0) is 9.35. The van der Waals surface area contributed by atoms with Gasteiger partial charge in [0.15, 0.2) is 0 Å². The lowest BCUT2D eigenvalue weighted by Crippen LogP contribution is -2.26. The van der Waals surface area contributed by atoms with Crippen molar-refractivity contribution in [2.75, 3.05) is 0 Å². The van der Waals surface area contributed by atoms with Crippen LogP contribution < -0.4 is 0 Å². The normalized spacial score (nSPS) is 16.5. The summed E-state index contributed by atoms with van der Waals surface area (Å²) in [5.74, 6) is 0.260. The summed E-state index contributed by atoms with van der Waals surface area (Å²) >= 11 is 1.67. The van der Waals surface area contributed by atoms with Crippen LogP contribution >= 0.6 is 11.3 Å². The van der Waals surface area contributed by atoms with Crippen LogP contribution in [0.15, 0.2) is 12.1 Å². The molecule has 0 aliphatic rings. The number of rotatable bonds is 2. The summed E-state index contributed by atoms with van der Waals surface area (Å²) in [7, 11) is 0. The molecule has 2 heteroatoms. The molecule has 1 aromatic rings. The zero-order valence-electron chi connectivity index (χ0n) is 8.09. The van der Waals surface area contributed by atoms with E-state index in [4.69, 9.17) is 0 Å². The van der Waals surface area contributed by atoms with E-state index in [9.17, 15) is 5.11 Å². The molecule has 0 saturated heterocycles. The SMILES string of the molecule is Cc1ccc(C(C)(O)C(C)C)s1. The summed E-state index contributed by atoms with van der Waals surface area (Å²) in [6.45, 7) is 8.01. The predicted octanol–water partition coefficient (Wildman–Crippen LogP) is 2.92. The third kappa shape index (κ3) is 1.70. The highest BCUT2D eigenvalue weighted by molar-refractivity contribution is 7.12. The van der Waals surface area contributed by atoms with Crippen molar-refractivity contribution in [1.29, 1.82) is 0 Å². The van der Waals surface area contributed by atoms with E-state index < -0.39 is 5.60 Å². The Balaban J connectivity index is 2.97. The molecule has 12 heavy (non-hydrogen) atoms. The Kier molecular flexibility index (Phi) is 2.59. The Morgan fingerprint density at radius 2 is 2.00 bits per heavy atom. The van der Waals surface area contributed by atoms with Gasteiger partial charge in [0.05, 0.1) is 5.60 Å². The van der Waals surface area contributed by atoms with Crippen LogP contribution in [0.2, 0.25) is 0 Å². The maximum absolute atomic E-state index is 10.1. The molecule has 0 bridgehead atoms. The van der Waals surface area contributed by atoms with Crippen molar-refractivity contribution in [3.8, 4) is 0 Å². The second-order valence-corrected chi connectivity index (χ2v) is 5.00. The van der Waals surface area contributed by atoms with Gasteiger partial charge in [-0.05, 0) is 31.9 Å². The van der Waals surface area contributed by atoms with Crippen LogP contribution in [0, 0.1) is 12.8 Å². The highest BCUT2D eigenvalue weighted by Gasteiger charge is 2.28. The van der Waals surface area contributed by atoms with Crippen molar-refractivity contribution in [3.05, 3.63) is 21.9 Å². The fraction of sp³-hybridized carbons (Fsp3) is 0.600. The van der Waals surface area contributed by atoms with E-state index in [1.54, 1.807) is 11.3 Å². The second kappa shape index (κ2) is 3.19. The monoisotopic (exact) mass is 184 g/mol. The van der Waals surface area contributed by atoms with Crippen LogP contribution in [-0.2, 0) is 5.60 Å². The minimum atomic E-state index is -0.668. The average molecular weight is 184 g/mol. The molecule has 0 aromatic carbocycles. The number of hydrogen-bond donors (Lipinski definition) is 1. The largest absolute Gasteiger partial charge is 0.384 e. The lowest BCUT2D eigenvalue weighted by molar-refractivity contribution is 0.0126. The third-order valence-corrected chi connectivity index (χ3v) is 3.59. The maximum Gasteiger partial charge on any atom is 0.0982 e. The minimum absolute atomic E-state index is 0.260. The molecular weight excluding hydrogens is 168 g/mol. The van der Waals surface area contributed by atoms with Crippen molar-refractivity contribution < 1.29 is 5.11 Å². The summed E-state index contributed by atoms with van der Waals surface area (Å²) in [5.41, 5.74) is -0.668. The molecule has 0 spiro atoms. The molecule has 0 aliphatic carbocycles. The number of aryl methyl sites for hydroxylation is 1. The lowest BCUT2D eigenvalue weighted by atomic mass is 9.91. The van der Waals surface area contributed by atoms with Gasteiger partial charge in [-0.2, -0.15) is 0 Å². The topological polar surface area (TPSA) is 20.2 Å². The first kappa shape index (κ1) is 9.75. The Hall–Kier alpha value is -0.340. The van der Waals surface area contributed by atoms with Gasteiger partial charge in [0, 0.05) is 9.75 Å². The number of aliphatic hydroxyl groups is 1. The summed E-state index contributed by atoms with van der Waals surface area (Å²) in [6, 6.07) is 4.07. The van der Waals surface area contributed by atoms with Crippen LogP contribution in [0.25, 0.3) is 0 Å².